The Balaban J connectivity index is 3.15. The van der Waals surface area contributed by atoms with E-state index in [1.54, 1.807) is 12.1 Å². The molecule has 0 aromatic heterocycles. The second-order valence-corrected chi connectivity index (χ2v) is 9.91. The van der Waals surface area contributed by atoms with Crippen LogP contribution < -0.4 is 4.74 Å². The van der Waals surface area contributed by atoms with E-state index in [9.17, 15) is 13.2 Å². The van der Waals surface area contributed by atoms with E-state index >= 15 is 0 Å². The number of hydrogen-bond acceptors (Lipinski definition) is 2. The summed E-state index contributed by atoms with van der Waals surface area (Å²) in [5, 5.41) is 0. The van der Waals surface area contributed by atoms with E-state index < -0.39 is 20.0 Å². The summed E-state index contributed by atoms with van der Waals surface area (Å²) >= 11 is 0. The van der Waals surface area contributed by atoms with Gasteiger partial charge in [-0.2, -0.15) is 13.2 Å². The fourth-order valence-electron chi connectivity index (χ4n) is 1.19. The number of alkyl halides is 3. The molecule has 0 saturated carbocycles. The van der Waals surface area contributed by atoms with E-state index in [0.29, 0.717) is 5.75 Å². The normalized spacial score (nSPS) is 12.7. The van der Waals surface area contributed by atoms with Crippen molar-refractivity contribution in [3.63, 3.8) is 0 Å². The van der Waals surface area contributed by atoms with E-state index in [1.165, 1.54) is 19.2 Å². The third-order valence-corrected chi connectivity index (χ3v) is 3.01. The molecule has 0 fully saturated rings. The van der Waals surface area contributed by atoms with Gasteiger partial charge in [0.15, 0.2) is 5.71 Å². The fourth-order valence-corrected chi connectivity index (χ4v) is 1.69. The lowest BCUT2D eigenvalue weighted by molar-refractivity contribution is -0.0571. The van der Waals surface area contributed by atoms with Crippen LogP contribution in [0.1, 0.15) is 0 Å². The van der Waals surface area contributed by atoms with Crippen LogP contribution in [0.2, 0.25) is 19.6 Å². The first-order valence-corrected chi connectivity index (χ1v) is 9.45. The molecule has 0 aliphatic carbocycles. The van der Waals surface area contributed by atoms with Crippen molar-refractivity contribution in [3.8, 4) is 17.2 Å². The number of ether oxygens (including phenoxy) is 1. The first kappa shape index (κ1) is 16.3. The van der Waals surface area contributed by atoms with Crippen LogP contribution >= 0.6 is 0 Å². The molecule has 0 radical (unpaired) electrons. The average Bonchev–Trinajstić information content (AvgIpc) is 2.32. The van der Waals surface area contributed by atoms with Crippen LogP contribution in [0.5, 0.6) is 5.75 Å². The van der Waals surface area contributed by atoms with Gasteiger partial charge in [-0.1, -0.05) is 19.6 Å². The highest BCUT2D eigenvalue weighted by atomic mass is 28.3. The topological polar surface area (TPSA) is 21.6 Å². The quantitative estimate of drug-likeness (QED) is 0.455. The smallest absolute Gasteiger partial charge is 0.441 e. The Morgan fingerprint density at radius 1 is 1.15 bits per heavy atom. The monoisotopic (exact) mass is 299 g/mol. The molecule has 0 spiro atoms. The second kappa shape index (κ2) is 6.14. The van der Waals surface area contributed by atoms with Gasteiger partial charge in [0.1, 0.15) is 13.8 Å². The van der Waals surface area contributed by atoms with E-state index in [4.69, 9.17) is 4.74 Å². The highest BCUT2D eigenvalue weighted by molar-refractivity contribution is 6.84. The number of halogens is 3. The van der Waals surface area contributed by atoms with Gasteiger partial charge in [0.25, 0.3) is 0 Å². The summed E-state index contributed by atoms with van der Waals surface area (Å²) in [5.74, 6) is 2.74. The zero-order valence-corrected chi connectivity index (χ0v) is 12.8. The van der Waals surface area contributed by atoms with E-state index in [1.807, 2.05) is 19.6 Å². The Bertz CT molecular complexity index is 545. The van der Waals surface area contributed by atoms with Gasteiger partial charge in [-0.3, -0.25) is 0 Å². The summed E-state index contributed by atoms with van der Waals surface area (Å²) in [6.07, 6.45) is -4.55. The predicted molar refractivity (Wildman–Crippen MR) is 77.3 cm³/mol. The molecule has 0 saturated heterocycles. The van der Waals surface area contributed by atoms with Crippen molar-refractivity contribution in [2.45, 2.75) is 25.8 Å². The zero-order chi connectivity index (χ0) is 15.4. The van der Waals surface area contributed by atoms with Crippen molar-refractivity contribution >= 4 is 19.5 Å². The molecule has 108 valence electrons. The molecular formula is C14H16F3NOSi. The van der Waals surface area contributed by atoms with Crippen molar-refractivity contribution in [1.29, 1.82) is 0 Å². The lowest BCUT2D eigenvalue weighted by Crippen LogP contribution is -2.23. The van der Waals surface area contributed by atoms with E-state index in [2.05, 4.69) is 16.5 Å². The first-order chi connectivity index (χ1) is 9.12. The van der Waals surface area contributed by atoms with Crippen LogP contribution in [0.3, 0.4) is 0 Å². The summed E-state index contributed by atoms with van der Waals surface area (Å²) < 4.78 is 43.6. The summed E-state index contributed by atoms with van der Waals surface area (Å²) in [5.41, 5.74) is 1.82. The minimum absolute atomic E-state index is 0.197. The predicted octanol–water partition coefficient (Wildman–Crippen LogP) is 4.21. The minimum atomic E-state index is -4.55. The molecule has 1 aromatic rings. The summed E-state index contributed by atoms with van der Waals surface area (Å²) in [7, 11) is -0.408. The third kappa shape index (κ3) is 5.49. The van der Waals surface area contributed by atoms with Crippen molar-refractivity contribution in [2.75, 3.05) is 7.11 Å². The Hall–Kier alpha value is -1.74. The highest BCUT2D eigenvalue weighted by Gasteiger charge is 2.35. The first-order valence-electron chi connectivity index (χ1n) is 5.95. The van der Waals surface area contributed by atoms with Crippen LogP contribution in [0.4, 0.5) is 18.9 Å². The van der Waals surface area contributed by atoms with Crippen molar-refractivity contribution in [1.82, 2.24) is 0 Å². The minimum Gasteiger partial charge on any atom is -0.497 e. The highest BCUT2D eigenvalue weighted by Crippen LogP contribution is 2.23. The van der Waals surface area contributed by atoms with Gasteiger partial charge in [0, 0.05) is 0 Å². The number of hydrogen-bond donors (Lipinski definition) is 0. The fraction of sp³-hybridized carbons (Fsp3) is 0.357. The average molecular weight is 299 g/mol. The molecule has 0 bridgehead atoms. The standard InChI is InChI=1S/C14H16F3NOSi/c1-19-12-7-5-11(6-8-12)18-13(14(15,16)17)9-10-20(2,3)4/h5-8H,1-4H3. The largest absolute Gasteiger partial charge is 0.497 e. The molecule has 0 N–H and O–H groups in total. The molecular weight excluding hydrogens is 283 g/mol. The van der Waals surface area contributed by atoms with Gasteiger partial charge in [0.2, 0.25) is 0 Å². The number of rotatable bonds is 2. The Kier molecular flexibility index (Phi) is 5.01. The molecule has 0 aliphatic rings. The second-order valence-electron chi connectivity index (χ2n) is 5.16. The van der Waals surface area contributed by atoms with Gasteiger partial charge in [-0.05, 0) is 30.2 Å². The van der Waals surface area contributed by atoms with Gasteiger partial charge in [-0.15, -0.1) is 5.54 Å². The Labute approximate surface area is 117 Å². The number of aliphatic imine (C=N–C) groups is 1. The third-order valence-electron chi connectivity index (χ3n) is 2.14. The Morgan fingerprint density at radius 2 is 1.70 bits per heavy atom. The maximum Gasteiger partial charge on any atom is 0.441 e. The molecule has 0 heterocycles. The molecule has 20 heavy (non-hydrogen) atoms. The molecule has 0 atom stereocenters. The van der Waals surface area contributed by atoms with Crippen molar-refractivity contribution in [3.05, 3.63) is 24.3 Å². The summed E-state index contributed by atoms with van der Waals surface area (Å²) in [6.45, 7) is 5.63. The van der Waals surface area contributed by atoms with Crippen LogP contribution in [-0.4, -0.2) is 27.1 Å². The molecule has 6 heteroatoms. The number of methoxy groups -OCH3 is 1. The summed E-state index contributed by atoms with van der Waals surface area (Å²) in [6, 6.07) is 6.03. The van der Waals surface area contributed by atoms with Gasteiger partial charge < -0.3 is 4.74 Å². The lowest BCUT2D eigenvalue weighted by Gasteiger charge is -2.07. The Morgan fingerprint density at radius 3 is 2.10 bits per heavy atom. The molecule has 1 rings (SSSR count). The van der Waals surface area contributed by atoms with Crippen molar-refractivity contribution < 1.29 is 17.9 Å². The zero-order valence-electron chi connectivity index (χ0n) is 11.8. The van der Waals surface area contributed by atoms with Gasteiger partial charge in [-0.25, -0.2) is 4.99 Å². The van der Waals surface area contributed by atoms with Crippen LogP contribution in [-0.2, 0) is 0 Å². The van der Waals surface area contributed by atoms with Crippen LogP contribution in [0.15, 0.2) is 29.3 Å². The molecule has 0 unspecified atom stereocenters. The maximum atomic E-state index is 12.9. The SMILES string of the molecule is COc1ccc(N=C(C#C[Si](C)(C)C)C(F)(F)F)cc1. The molecule has 0 amide bonds. The summed E-state index contributed by atoms with van der Waals surface area (Å²) in [4.78, 5) is 3.59. The van der Waals surface area contributed by atoms with Crippen LogP contribution in [0, 0.1) is 11.5 Å². The molecule has 0 aliphatic heterocycles. The lowest BCUT2D eigenvalue weighted by atomic mass is 10.3. The van der Waals surface area contributed by atoms with E-state index in [-0.39, 0.29) is 5.69 Å². The number of benzene rings is 1. The molecule has 1 aromatic carbocycles. The van der Waals surface area contributed by atoms with E-state index in [0.717, 1.165) is 0 Å². The number of nitrogens with zero attached hydrogens (tertiary/aromatic N) is 1. The molecule has 2 nitrogen and oxygen atoms in total. The van der Waals surface area contributed by atoms with Crippen molar-refractivity contribution in [2.24, 2.45) is 4.99 Å². The van der Waals surface area contributed by atoms with Gasteiger partial charge in [0.05, 0.1) is 12.8 Å². The van der Waals surface area contributed by atoms with Gasteiger partial charge >= 0.3 is 6.18 Å². The van der Waals surface area contributed by atoms with Crippen LogP contribution in [0.25, 0.3) is 0 Å². The maximum absolute atomic E-state index is 12.9.